The number of benzene rings is 1. The maximum absolute atomic E-state index is 11.8. The van der Waals surface area contributed by atoms with E-state index in [2.05, 4.69) is 39.6 Å². The largest absolute Gasteiger partial charge is 0.463 e. The van der Waals surface area contributed by atoms with Gasteiger partial charge in [-0.25, -0.2) is 14.8 Å². The quantitative estimate of drug-likeness (QED) is 0.671. The molecule has 0 bridgehead atoms. The molecule has 3 aliphatic rings. The van der Waals surface area contributed by atoms with Crippen LogP contribution in [0, 0.1) is 12.8 Å². The van der Waals surface area contributed by atoms with Crippen molar-refractivity contribution in [2.75, 3.05) is 18.8 Å². The number of nitrogens with two attached hydrogens (primary N) is 1. The zero-order valence-corrected chi connectivity index (χ0v) is 19.8. The molecule has 5 rings (SSSR count). The lowest BCUT2D eigenvalue weighted by atomic mass is 9.78. The standard InChI is InChI=1S/C25H30N6O3/c1-14-27-22(26)20-23(28-14)34-25(2,3)21(30-20)18-10-8-17(9-11-18)16-6-4-15(5-7-16)12-31-13-19(32)29-24(31)33/h8-11,15-16H,4-7,12-13H2,1-3H3,(H2,26,27,28)(H,29,32,33). The van der Waals surface area contributed by atoms with E-state index in [1.165, 1.54) is 5.56 Å². The number of aryl methyl sites for hydroxylation is 1. The van der Waals surface area contributed by atoms with E-state index < -0.39 is 5.60 Å². The monoisotopic (exact) mass is 462 g/mol. The number of hydrogen-bond donors (Lipinski definition) is 2. The van der Waals surface area contributed by atoms with E-state index in [-0.39, 0.29) is 18.5 Å². The summed E-state index contributed by atoms with van der Waals surface area (Å²) < 4.78 is 6.16. The number of urea groups is 1. The van der Waals surface area contributed by atoms with Gasteiger partial charge in [0.1, 0.15) is 18.0 Å². The molecule has 1 aromatic carbocycles. The second-order valence-corrected chi connectivity index (χ2v) is 9.96. The number of hydrogen-bond acceptors (Lipinski definition) is 7. The Labute approximate surface area is 198 Å². The number of aliphatic imine (C=N–C) groups is 1. The molecule has 9 heteroatoms. The van der Waals surface area contributed by atoms with Crippen molar-refractivity contribution in [2.24, 2.45) is 10.9 Å². The van der Waals surface area contributed by atoms with Crippen LogP contribution in [0.25, 0.3) is 0 Å². The Hall–Kier alpha value is -3.49. The number of nitrogen functional groups attached to an aromatic ring is 1. The van der Waals surface area contributed by atoms with E-state index in [9.17, 15) is 9.59 Å². The predicted octanol–water partition coefficient (Wildman–Crippen LogP) is 3.48. The van der Waals surface area contributed by atoms with Crippen molar-refractivity contribution in [1.82, 2.24) is 20.2 Å². The number of imide groups is 1. The number of rotatable bonds is 4. The van der Waals surface area contributed by atoms with Crippen LogP contribution >= 0.6 is 0 Å². The molecule has 2 fully saturated rings. The molecule has 34 heavy (non-hydrogen) atoms. The average Bonchev–Trinajstić information content (AvgIpc) is 3.09. The Balaban J connectivity index is 1.27. The molecule has 2 aromatic rings. The Bertz CT molecular complexity index is 1170. The molecule has 0 atom stereocenters. The second kappa shape index (κ2) is 8.38. The molecule has 2 aliphatic heterocycles. The lowest BCUT2D eigenvalue weighted by molar-refractivity contribution is -0.118. The number of anilines is 1. The second-order valence-electron chi connectivity index (χ2n) is 9.96. The molecular formula is C25H30N6O3. The first kappa shape index (κ1) is 22.3. The first-order valence-electron chi connectivity index (χ1n) is 11.8. The van der Waals surface area contributed by atoms with Gasteiger partial charge in [-0.2, -0.15) is 4.98 Å². The molecule has 1 saturated carbocycles. The minimum atomic E-state index is -0.650. The van der Waals surface area contributed by atoms with Gasteiger partial charge in [0.05, 0.1) is 5.71 Å². The Morgan fingerprint density at radius 3 is 2.47 bits per heavy atom. The number of amides is 3. The van der Waals surface area contributed by atoms with Crippen LogP contribution in [-0.2, 0) is 4.79 Å². The molecule has 3 N–H and O–H groups in total. The minimum Gasteiger partial charge on any atom is -0.463 e. The zero-order chi connectivity index (χ0) is 24.0. The molecule has 0 unspecified atom stereocenters. The lowest BCUT2D eigenvalue weighted by Gasteiger charge is -2.33. The number of carbonyl (C=O) groups excluding carboxylic acids is 2. The fourth-order valence-electron chi connectivity index (χ4n) is 5.22. The van der Waals surface area contributed by atoms with Crippen LogP contribution in [0.15, 0.2) is 29.3 Å². The van der Waals surface area contributed by atoms with Crippen LogP contribution in [0.5, 0.6) is 5.88 Å². The Kier molecular flexibility index (Phi) is 5.50. The van der Waals surface area contributed by atoms with Crippen molar-refractivity contribution in [3.05, 3.63) is 41.2 Å². The third kappa shape index (κ3) is 4.22. The minimum absolute atomic E-state index is 0.187. The first-order chi connectivity index (χ1) is 16.2. The Morgan fingerprint density at radius 2 is 1.82 bits per heavy atom. The summed E-state index contributed by atoms with van der Waals surface area (Å²) >= 11 is 0. The third-order valence-electron chi connectivity index (χ3n) is 6.99. The van der Waals surface area contributed by atoms with E-state index >= 15 is 0 Å². The molecule has 3 heterocycles. The van der Waals surface area contributed by atoms with Crippen LogP contribution in [0.1, 0.15) is 62.4 Å². The van der Waals surface area contributed by atoms with E-state index in [1.54, 1.807) is 11.8 Å². The first-order valence-corrected chi connectivity index (χ1v) is 11.8. The normalized spacial score (nSPS) is 23.7. The van der Waals surface area contributed by atoms with Gasteiger partial charge in [-0.3, -0.25) is 10.1 Å². The molecule has 178 valence electrons. The smallest absolute Gasteiger partial charge is 0.324 e. The van der Waals surface area contributed by atoms with Crippen LogP contribution in [-0.4, -0.2) is 51.2 Å². The molecule has 0 radical (unpaired) electrons. The van der Waals surface area contributed by atoms with Crippen LogP contribution in [0.2, 0.25) is 0 Å². The van der Waals surface area contributed by atoms with Gasteiger partial charge in [0.15, 0.2) is 11.5 Å². The highest BCUT2D eigenvalue weighted by Crippen LogP contribution is 2.40. The topological polar surface area (TPSA) is 123 Å². The van der Waals surface area contributed by atoms with Gasteiger partial charge in [-0.05, 0) is 63.9 Å². The Morgan fingerprint density at radius 1 is 1.12 bits per heavy atom. The molecule has 1 aliphatic carbocycles. The van der Waals surface area contributed by atoms with Gasteiger partial charge in [0, 0.05) is 12.1 Å². The highest BCUT2D eigenvalue weighted by Gasteiger charge is 2.36. The van der Waals surface area contributed by atoms with Crippen LogP contribution in [0.4, 0.5) is 16.3 Å². The maximum Gasteiger partial charge on any atom is 0.324 e. The van der Waals surface area contributed by atoms with Crippen molar-refractivity contribution in [3.63, 3.8) is 0 Å². The highest BCUT2D eigenvalue weighted by molar-refractivity contribution is 6.09. The third-order valence-corrected chi connectivity index (χ3v) is 6.99. The SMILES string of the molecule is Cc1nc(N)c2c(n1)OC(C)(C)C(c1ccc(C3CCC(CN4CC(=O)NC4=O)CC3)cc1)=N2. The molecule has 1 aromatic heterocycles. The molecule has 3 amide bonds. The fraction of sp³-hybridized carbons (Fsp3) is 0.480. The number of nitrogens with one attached hydrogen (secondary N) is 1. The van der Waals surface area contributed by atoms with Crippen LogP contribution < -0.4 is 15.8 Å². The van der Waals surface area contributed by atoms with Gasteiger partial charge in [-0.15, -0.1) is 0 Å². The predicted molar refractivity (Wildman–Crippen MR) is 128 cm³/mol. The van der Waals surface area contributed by atoms with Gasteiger partial charge < -0.3 is 15.4 Å². The van der Waals surface area contributed by atoms with Crippen molar-refractivity contribution in [3.8, 4) is 5.88 Å². The van der Waals surface area contributed by atoms with Crippen molar-refractivity contribution < 1.29 is 14.3 Å². The molecule has 9 nitrogen and oxygen atoms in total. The number of ether oxygens (including phenoxy) is 1. The zero-order valence-electron chi connectivity index (χ0n) is 19.8. The average molecular weight is 463 g/mol. The summed E-state index contributed by atoms with van der Waals surface area (Å²) in [5.74, 6) is 2.02. The number of nitrogens with zero attached hydrogens (tertiary/aromatic N) is 4. The summed E-state index contributed by atoms with van der Waals surface area (Å²) in [5.41, 5.74) is 9.02. The summed E-state index contributed by atoms with van der Waals surface area (Å²) in [6.45, 7) is 6.58. The fourth-order valence-corrected chi connectivity index (χ4v) is 5.22. The van der Waals surface area contributed by atoms with E-state index in [4.69, 9.17) is 15.5 Å². The van der Waals surface area contributed by atoms with Crippen LogP contribution in [0.3, 0.4) is 0 Å². The molecular weight excluding hydrogens is 432 g/mol. The highest BCUT2D eigenvalue weighted by atomic mass is 16.5. The summed E-state index contributed by atoms with van der Waals surface area (Å²) in [7, 11) is 0. The number of aromatic nitrogens is 2. The van der Waals surface area contributed by atoms with Gasteiger partial charge in [0.25, 0.3) is 0 Å². The summed E-state index contributed by atoms with van der Waals surface area (Å²) in [6, 6.07) is 8.29. The molecule has 1 saturated heterocycles. The van der Waals surface area contributed by atoms with E-state index in [0.717, 1.165) is 37.0 Å². The van der Waals surface area contributed by atoms with Crippen molar-refractivity contribution in [2.45, 2.75) is 58.0 Å². The van der Waals surface area contributed by atoms with Crippen molar-refractivity contribution >= 4 is 29.2 Å². The number of carbonyl (C=O) groups is 2. The van der Waals surface area contributed by atoms with Gasteiger partial charge >= 0.3 is 6.03 Å². The van der Waals surface area contributed by atoms with E-state index in [1.807, 2.05) is 13.8 Å². The van der Waals surface area contributed by atoms with Crippen molar-refractivity contribution in [1.29, 1.82) is 0 Å². The van der Waals surface area contributed by atoms with Gasteiger partial charge in [-0.1, -0.05) is 24.3 Å². The summed E-state index contributed by atoms with van der Waals surface area (Å²) in [4.78, 5) is 38.2. The lowest BCUT2D eigenvalue weighted by Crippen LogP contribution is -2.41. The summed E-state index contributed by atoms with van der Waals surface area (Å²) in [6.07, 6.45) is 4.24. The van der Waals surface area contributed by atoms with Gasteiger partial charge in [0.2, 0.25) is 11.8 Å². The molecule has 0 spiro atoms. The maximum atomic E-state index is 11.8. The number of fused-ring (bicyclic) bond motifs is 1. The summed E-state index contributed by atoms with van der Waals surface area (Å²) in [5, 5.41) is 2.36. The van der Waals surface area contributed by atoms with E-state index in [0.29, 0.717) is 41.6 Å².